The zero-order chi connectivity index (χ0) is 15.4. The van der Waals surface area contributed by atoms with Crippen molar-refractivity contribution in [3.63, 3.8) is 0 Å². The molecule has 0 heterocycles. The second-order valence-corrected chi connectivity index (χ2v) is 4.31. The van der Waals surface area contributed by atoms with Crippen LogP contribution in [0.2, 0.25) is 0 Å². The van der Waals surface area contributed by atoms with E-state index < -0.39 is 40.3 Å². The number of nitrogens with zero attached hydrogens (tertiary/aromatic N) is 1. The average Bonchev–Trinajstić information content (AvgIpc) is 2.37. The van der Waals surface area contributed by atoms with Gasteiger partial charge in [-0.25, -0.2) is 0 Å². The van der Waals surface area contributed by atoms with Crippen molar-refractivity contribution in [3.05, 3.63) is 39.7 Å². The first-order chi connectivity index (χ1) is 9.23. The molecule has 1 aromatic carbocycles. The number of hydrogen-bond acceptors (Lipinski definition) is 4. The van der Waals surface area contributed by atoms with Crippen molar-refractivity contribution in [2.75, 3.05) is 0 Å². The van der Waals surface area contributed by atoms with Crippen molar-refractivity contribution in [1.29, 1.82) is 0 Å². The molecular weight excluding hydrogens is 271 g/mol. The van der Waals surface area contributed by atoms with E-state index in [2.05, 4.69) is 5.32 Å². The van der Waals surface area contributed by atoms with Crippen molar-refractivity contribution in [2.24, 2.45) is 5.92 Å². The van der Waals surface area contributed by atoms with Crippen LogP contribution in [0.25, 0.3) is 0 Å². The Hall–Kier alpha value is -2.51. The van der Waals surface area contributed by atoms with Crippen LogP contribution in [-0.2, 0) is 4.79 Å². The van der Waals surface area contributed by atoms with Crippen molar-refractivity contribution < 1.29 is 24.0 Å². The number of amides is 1. The molecular formula is C12H13FN2O5. The van der Waals surface area contributed by atoms with E-state index in [0.29, 0.717) is 0 Å². The molecule has 0 aliphatic carbocycles. The van der Waals surface area contributed by atoms with Crippen molar-refractivity contribution in [1.82, 2.24) is 5.32 Å². The maximum atomic E-state index is 13.1. The fourth-order valence-electron chi connectivity index (χ4n) is 1.42. The maximum absolute atomic E-state index is 13.1. The van der Waals surface area contributed by atoms with E-state index in [9.17, 15) is 24.1 Å². The summed E-state index contributed by atoms with van der Waals surface area (Å²) in [4.78, 5) is 32.2. The minimum Gasteiger partial charge on any atom is -0.481 e. The molecule has 0 fully saturated rings. The number of nitro benzene ring substituents is 1. The van der Waals surface area contributed by atoms with Gasteiger partial charge in [0.25, 0.3) is 5.91 Å². The van der Waals surface area contributed by atoms with Crippen LogP contribution in [0.15, 0.2) is 18.2 Å². The van der Waals surface area contributed by atoms with Gasteiger partial charge in [0.1, 0.15) is 0 Å². The van der Waals surface area contributed by atoms with Gasteiger partial charge in [0.05, 0.1) is 10.8 Å². The molecule has 0 aliphatic rings. The quantitative estimate of drug-likeness (QED) is 0.630. The number of halogens is 1. The highest BCUT2D eigenvalue weighted by Crippen LogP contribution is 2.18. The van der Waals surface area contributed by atoms with Crippen LogP contribution in [0.5, 0.6) is 0 Å². The van der Waals surface area contributed by atoms with Crippen LogP contribution in [0.1, 0.15) is 24.2 Å². The average molecular weight is 284 g/mol. The van der Waals surface area contributed by atoms with Crippen molar-refractivity contribution >= 4 is 17.6 Å². The second-order valence-electron chi connectivity index (χ2n) is 4.31. The lowest BCUT2D eigenvalue weighted by atomic mass is 10.0. The minimum absolute atomic E-state index is 0.109. The molecule has 2 N–H and O–H groups in total. The molecule has 0 radical (unpaired) electrons. The van der Waals surface area contributed by atoms with Crippen LogP contribution in [-0.4, -0.2) is 27.9 Å². The number of carboxylic acid groups (broad SMARTS) is 1. The number of nitrogens with one attached hydrogen (secondary N) is 1. The monoisotopic (exact) mass is 284 g/mol. The Kier molecular flexibility index (Phi) is 4.73. The first kappa shape index (κ1) is 15.5. The van der Waals surface area contributed by atoms with Gasteiger partial charge < -0.3 is 10.4 Å². The largest absolute Gasteiger partial charge is 0.481 e. The summed E-state index contributed by atoms with van der Waals surface area (Å²) in [5, 5.41) is 21.8. The number of carboxylic acids is 1. The maximum Gasteiger partial charge on any atom is 0.308 e. The van der Waals surface area contributed by atoms with Gasteiger partial charge in [-0.1, -0.05) is 0 Å². The molecule has 2 atom stereocenters. The van der Waals surface area contributed by atoms with Gasteiger partial charge in [-0.05, 0) is 26.0 Å². The van der Waals surface area contributed by atoms with E-state index in [-0.39, 0.29) is 5.56 Å². The Morgan fingerprint density at radius 1 is 1.40 bits per heavy atom. The fraction of sp³-hybridized carbons (Fsp3) is 0.333. The van der Waals surface area contributed by atoms with Crippen molar-refractivity contribution in [2.45, 2.75) is 19.9 Å². The number of aliphatic carboxylic acids is 1. The first-order valence-electron chi connectivity index (χ1n) is 5.71. The summed E-state index contributed by atoms with van der Waals surface area (Å²) in [5.41, 5.74) is -0.917. The molecule has 0 saturated carbocycles. The van der Waals surface area contributed by atoms with Gasteiger partial charge in [-0.15, -0.1) is 0 Å². The highest BCUT2D eigenvalue weighted by Gasteiger charge is 2.23. The second kappa shape index (κ2) is 6.09. The predicted octanol–water partition coefficient (Wildman–Crippen LogP) is 1.57. The topological polar surface area (TPSA) is 110 Å². The summed E-state index contributed by atoms with van der Waals surface area (Å²) in [6.07, 6.45) is 0. The molecule has 1 aromatic rings. The lowest BCUT2D eigenvalue weighted by Crippen LogP contribution is -2.40. The zero-order valence-electron chi connectivity index (χ0n) is 10.8. The van der Waals surface area contributed by atoms with E-state index in [0.717, 1.165) is 18.2 Å². The van der Waals surface area contributed by atoms with Crippen LogP contribution < -0.4 is 5.32 Å². The van der Waals surface area contributed by atoms with Crippen LogP contribution >= 0.6 is 0 Å². The SMILES string of the molecule is CC(NC(=O)c1ccc(F)c([N+](=O)[O-])c1)C(C)C(=O)O. The van der Waals surface area contributed by atoms with Gasteiger partial charge in [-0.3, -0.25) is 19.7 Å². The van der Waals surface area contributed by atoms with Crippen LogP contribution in [0.3, 0.4) is 0 Å². The summed E-state index contributed by atoms with van der Waals surface area (Å²) in [5.74, 6) is -3.65. The third-order valence-electron chi connectivity index (χ3n) is 2.90. The number of carbonyl (C=O) groups excluding carboxylic acids is 1. The molecule has 108 valence electrons. The number of carbonyl (C=O) groups is 2. The smallest absolute Gasteiger partial charge is 0.308 e. The van der Waals surface area contributed by atoms with Gasteiger partial charge >= 0.3 is 11.7 Å². The lowest BCUT2D eigenvalue weighted by Gasteiger charge is -2.17. The van der Waals surface area contributed by atoms with E-state index in [1.165, 1.54) is 13.8 Å². The van der Waals surface area contributed by atoms with E-state index in [1.54, 1.807) is 0 Å². The third kappa shape index (κ3) is 3.50. The van der Waals surface area contributed by atoms with Crippen LogP contribution in [0.4, 0.5) is 10.1 Å². The zero-order valence-corrected chi connectivity index (χ0v) is 10.8. The standard InChI is InChI=1S/C12H13FN2O5/c1-6(12(17)18)7(2)14-11(16)8-3-4-9(13)10(5-8)15(19)20/h3-7H,1-2H3,(H,14,16)(H,17,18). The molecule has 1 rings (SSSR count). The Bertz CT molecular complexity index is 561. The number of benzene rings is 1. The number of hydrogen-bond donors (Lipinski definition) is 2. The summed E-state index contributed by atoms with van der Waals surface area (Å²) in [6, 6.07) is 2.04. The summed E-state index contributed by atoms with van der Waals surface area (Å²) >= 11 is 0. The predicted molar refractivity (Wildman–Crippen MR) is 66.8 cm³/mol. The van der Waals surface area contributed by atoms with Crippen molar-refractivity contribution in [3.8, 4) is 0 Å². The molecule has 0 saturated heterocycles. The summed E-state index contributed by atoms with van der Waals surface area (Å²) < 4.78 is 13.1. The molecule has 7 nitrogen and oxygen atoms in total. The highest BCUT2D eigenvalue weighted by atomic mass is 19.1. The van der Waals surface area contributed by atoms with Gasteiger partial charge in [-0.2, -0.15) is 4.39 Å². The molecule has 0 spiro atoms. The molecule has 0 aromatic heterocycles. The summed E-state index contributed by atoms with van der Waals surface area (Å²) in [7, 11) is 0. The normalized spacial score (nSPS) is 13.3. The van der Waals surface area contributed by atoms with E-state index >= 15 is 0 Å². The van der Waals surface area contributed by atoms with Crippen LogP contribution in [0, 0.1) is 21.8 Å². The van der Waals surface area contributed by atoms with Gasteiger partial charge in [0.15, 0.2) is 0 Å². The Labute approximate surface area is 113 Å². The summed E-state index contributed by atoms with van der Waals surface area (Å²) in [6.45, 7) is 2.91. The lowest BCUT2D eigenvalue weighted by molar-refractivity contribution is -0.387. The molecule has 1 amide bonds. The number of rotatable bonds is 5. The fourth-order valence-corrected chi connectivity index (χ4v) is 1.42. The molecule has 20 heavy (non-hydrogen) atoms. The molecule has 2 unspecified atom stereocenters. The molecule has 0 bridgehead atoms. The Balaban J connectivity index is 2.91. The molecule has 0 aliphatic heterocycles. The van der Waals surface area contributed by atoms with Gasteiger partial charge in [0.2, 0.25) is 5.82 Å². The highest BCUT2D eigenvalue weighted by molar-refractivity contribution is 5.95. The van der Waals surface area contributed by atoms with E-state index in [4.69, 9.17) is 5.11 Å². The number of nitro groups is 1. The minimum atomic E-state index is -1.08. The van der Waals surface area contributed by atoms with E-state index in [1.807, 2.05) is 0 Å². The first-order valence-corrected chi connectivity index (χ1v) is 5.71. The third-order valence-corrected chi connectivity index (χ3v) is 2.90. The Morgan fingerprint density at radius 2 is 2.00 bits per heavy atom. The molecule has 8 heteroatoms. The Morgan fingerprint density at radius 3 is 2.50 bits per heavy atom. The van der Waals surface area contributed by atoms with Gasteiger partial charge in [0, 0.05) is 17.7 Å².